The van der Waals surface area contributed by atoms with E-state index in [1.807, 2.05) is 0 Å². The van der Waals surface area contributed by atoms with E-state index in [1.165, 1.54) is 19.3 Å². The maximum Gasteiger partial charge on any atom is 0.233 e. The normalized spacial score (nSPS) is 35.5. The van der Waals surface area contributed by atoms with Crippen molar-refractivity contribution in [3.63, 3.8) is 0 Å². The molecule has 1 saturated carbocycles. The van der Waals surface area contributed by atoms with Gasteiger partial charge in [0, 0.05) is 13.1 Å². The number of ether oxygens (including phenoxy) is 2. The molecule has 5 heteroatoms. The van der Waals surface area contributed by atoms with Crippen molar-refractivity contribution >= 4 is 5.91 Å². The maximum absolute atomic E-state index is 11.9. The van der Waals surface area contributed by atoms with Crippen LogP contribution in [0.3, 0.4) is 0 Å². The molecule has 1 N–H and O–H groups in total. The van der Waals surface area contributed by atoms with Gasteiger partial charge in [-0.1, -0.05) is 13.8 Å². The molecule has 126 valence electrons. The summed E-state index contributed by atoms with van der Waals surface area (Å²) in [5.41, 5.74) is 0. The van der Waals surface area contributed by atoms with Gasteiger partial charge in [-0.25, -0.2) is 0 Å². The van der Waals surface area contributed by atoms with Crippen LogP contribution in [-0.4, -0.2) is 62.4 Å². The zero-order chi connectivity index (χ0) is 15.7. The number of hydrogen-bond acceptors (Lipinski definition) is 4. The molecule has 3 fully saturated rings. The molecule has 5 nitrogen and oxygen atoms in total. The summed E-state index contributed by atoms with van der Waals surface area (Å²) in [6.07, 6.45) is 3.99. The lowest BCUT2D eigenvalue weighted by Crippen LogP contribution is -2.55. The van der Waals surface area contributed by atoms with E-state index >= 15 is 0 Å². The van der Waals surface area contributed by atoms with Crippen molar-refractivity contribution in [2.75, 3.05) is 33.4 Å². The van der Waals surface area contributed by atoms with Crippen molar-refractivity contribution in [1.82, 2.24) is 10.2 Å². The molecular formula is C17H30N2O3. The SMILES string of the molecule is CNC(=O)CN(C1COC1)[C@@H]1C[C@@H]2CO[C@H](C(C)C)C[C@@H]2C1. The highest BCUT2D eigenvalue weighted by atomic mass is 16.5. The Labute approximate surface area is 133 Å². The van der Waals surface area contributed by atoms with Gasteiger partial charge >= 0.3 is 0 Å². The van der Waals surface area contributed by atoms with E-state index in [9.17, 15) is 4.79 Å². The minimum Gasteiger partial charge on any atom is -0.378 e. The molecule has 0 radical (unpaired) electrons. The van der Waals surface area contributed by atoms with Crippen molar-refractivity contribution < 1.29 is 14.3 Å². The number of carbonyl (C=O) groups excluding carboxylic acids is 1. The molecule has 0 aromatic rings. The van der Waals surface area contributed by atoms with Crippen LogP contribution in [-0.2, 0) is 14.3 Å². The molecule has 3 rings (SSSR count). The average Bonchev–Trinajstić information content (AvgIpc) is 2.87. The van der Waals surface area contributed by atoms with Gasteiger partial charge < -0.3 is 14.8 Å². The molecule has 0 unspecified atom stereocenters. The largest absolute Gasteiger partial charge is 0.378 e. The van der Waals surface area contributed by atoms with Gasteiger partial charge in [0.25, 0.3) is 0 Å². The quantitative estimate of drug-likeness (QED) is 0.831. The third-order valence-electron chi connectivity index (χ3n) is 5.78. The zero-order valence-electron chi connectivity index (χ0n) is 14.1. The van der Waals surface area contributed by atoms with Crippen LogP contribution in [0, 0.1) is 17.8 Å². The second-order valence-corrected chi connectivity index (χ2v) is 7.53. The lowest BCUT2D eigenvalue weighted by molar-refractivity contribution is -0.128. The molecular weight excluding hydrogens is 280 g/mol. The number of likely N-dealkylation sites (N-methyl/N-ethyl adjacent to an activating group) is 1. The van der Waals surface area contributed by atoms with Gasteiger partial charge in [0.05, 0.1) is 38.5 Å². The second-order valence-electron chi connectivity index (χ2n) is 7.53. The van der Waals surface area contributed by atoms with Crippen molar-refractivity contribution in [3.05, 3.63) is 0 Å². The minimum atomic E-state index is 0.109. The van der Waals surface area contributed by atoms with Crippen LogP contribution in [0.2, 0.25) is 0 Å². The first-order valence-electron chi connectivity index (χ1n) is 8.74. The van der Waals surface area contributed by atoms with E-state index in [1.54, 1.807) is 7.05 Å². The van der Waals surface area contributed by atoms with Gasteiger partial charge in [-0.05, 0) is 37.0 Å². The van der Waals surface area contributed by atoms with Gasteiger partial charge in [0.1, 0.15) is 0 Å². The van der Waals surface area contributed by atoms with Gasteiger partial charge in [-0.2, -0.15) is 0 Å². The third-order valence-corrected chi connectivity index (χ3v) is 5.78. The Morgan fingerprint density at radius 1 is 1.14 bits per heavy atom. The summed E-state index contributed by atoms with van der Waals surface area (Å²) < 4.78 is 11.4. The number of nitrogens with one attached hydrogen (secondary N) is 1. The van der Waals surface area contributed by atoms with E-state index < -0.39 is 0 Å². The van der Waals surface area contributed by atoms with E-state index in [0.717, 1.165) is 25.7 Å². The van der Waals surface area contributed by atoms with Crippen LogP contribution in [0.15, 0.2) is 0 Å². The van der Waals surface area contributed by atoms with E-state index in [-0.39, 0.29) is 5.91 Å². The predicted molar refractivity (Wildman–Crippen MR) is 84.6 cm³/mol. The van der Waals surface area contributed by atoms with E-state index in [4.69, 9.17) is 9.47 Å². The second kappa shape index (κ2) is 6.85. The number of nitrogens with zero attached hydrogens (tertiary/aromatic N) is 1. The Kier molecular flexibility index (Phi) is 5.05. The van der Waals surface area contributed by atoms with Gasteiger partial charge in [0.15, 0.2) is 0 Å². The van der Waals surface area contributed by atoms with Gasteiger partial charge in [-0.3, -0.25) is 9.69 Å². The van der Waals surface area contributed by atoms with E-state index in [0.29, 0.717) is 36.6 Å². The summed E-state index contributed by atoms with van der Waals surface area (Å²) in [7, 11) is 1.72. The molecule has 3 aliphatic rings. The number of hydrogen-bond donors (Lipinski definition) is 1. The first kappa shape index (κ1) is 16.2. The van der Waals surface area contributed by atoms with E-state index in [2.05, 4.69) is 24.1 Å². The molecule has 0 aromatic carbocycles. The molecule has 0 spiro atoms. The fraction of sp³-hybridized carbons (Fsp3) is 0.941. The highest BCUT2D eigenvalue weighted by Gasteiger charge is 2.44. The molecule has 0 aromatic heterocycles. The molecule has 2 heterocycles. The van der Waals surface area contributed by atoms with Crippen molar-refractivity contribution in [2.45, 2.75) is 51.3 Å². The lowest BCUT2D eigenvalue weighted by atomic mass is 9.85. The predicted octanol–water partition coefficient (Wildman–Crippen LogP) is 1.27. The Morgan fingerprint density at radius 3 is 2.45 bits per heavy atom. The molecule has 2 aliphatic heterocycles. The van der Waals surface area contributed by atoms with Crippen LogP contribution >= 0.6 is 0 Å². The number of amides is 1. The Balaban J connectivity index is 1.62. The Bertz CT molecular complexity index is 397. The molecule has 1 amide bonds. The fourth-order valence-electron chi connectivity index (χ4n) is 4.24. The fourth-order valence-corrected chi connectivity index (χ4v) is 4.24. The van der Waals surface area contributed by atoms with Crippen molar-refractivity contribution in [2.24, 2.45) is 17.8 Å². The topological polar surface area (TPSA) is 50.8 Å². The third kappa shape index (κ3) is 3.31. The van der Waals surface area contributed by atoms with Crippen LogP contribution < -0.4 is 5.32 Å². The summed E-state index contributed by atoms with van der Waals surface area (Å²) in [4.78, 5) is 14.3. The van der Waals surface area contributed by atoms with Crippen molar-refractivity contribution in [1.29, 1.82) is 0 Å². The Hall–Kier alpha value is -0.650. The van der Waals surface area contributed by atoms with Crippen LogP contribution in [0.4, 0.5) is 0 Å². The average molecular weight is 310 g/mol. The molecule has 1 aliphatic carbocycles. The van der Waals surface area contributed by atoms with Crippen LogP contribution in [0.1, 0.15) is 33.1 Å². The monoisotopic (exact) mass is 310 g/mol. The van der Waals surface area contributed by atoms with Crippen LogP contribution in [0.5, 0.6) is 0 Å². The van der Waals surface area contributed by atoms with Gasteiger partial charge in [-0.15, -0.1) is 0 Å². The smallest absolute Gasteiger partial charge is 0.233 e. The summed E-state index contributed by atoms with van der Waals surface area (Å²) in [5, 5.41) is 2.76. The highest BCUT2D eigenvalue weighted by molar-refractivity contribution is 5.77. The van der Waals surface area contributed by atoms with Gasteiger partial charge in [0.2, 0.25) is 5.91 Å². The van der Waals surface area contributed by atoms with Crippen LogP contribution in [0.25, 0.3) is 0 Å². The number of rotatable bonds is 5. The first-order valence-corrected chi connectivity index (χ1v) is 8.74. The molecule has 4 atom stereocenters. The minimum absolute atomic E-state index is 0.109. The standard InChI is InChI=1S/C17H30N2O3/c1-11(2)16-6-12-4-14(5-13(12)8-22-16)19(7-17(20)18-3)15-9-21-10-15/h11-16H,4-10H2,1-3H3,(H,18,20)/t12-,13+,14-,16-/m0/s1. The molecule has 0 bridgehead atoms. The summed E-state index contributed by atoms with van der Waals surface area (Å²) in [5.74, 6) is 2.15. The van der Waals surface area contributed by atoms with Crippen molar-refractivity contribution in [3.8, 4) is 0 Å². The molecule has 22 heavy (non-hydrogen) atoms. The summed E-state index contributed by atoms with van der Waals surface area (Å²) in [6, 6.07) is 0.931. The molecule has 2 saturated heterocycles. The lowest BCUT2D eigenvalue weighted by Gasteiger charge is -2.40. The first-order chi connectivity index (χ1) is 10.6. The zero-order valence-corrected chi connectivity index (χ0v) is 14.1. The summed E-state index contributed by atoms with van der Waals surface area (Å²) >= 11 is 0. The summed E-state index contributed by atoms with van der Waals surface area (Å²) in [6.45, 7) is 7.45. The number of carbonyl (C=O) groups is 1. The maximum atomic E-state index is 11.9. The number of fused-ring (bicyclic) bond motifs is 1. The highest BCUT2D eigenvalue weighted by Crippen LogP contribution is 2.43. The Morgan fingerprint density at radius 2 is 1.86 bits per heavy atom.